The number of pyridine rings is 1. The average Bonchev–Trinajstić information content (AvgIpc) is 2.68. The van der Waals surface area contributed by atoms with E-state index in [1.165, 1.54) is 18.2 Å². The van der Waals surface area contributed by atoms with Crippen LogP contribution in [0.4, 0.5) is 18.9 Å². The third-order valence-electron chi connectivity index (χ3n) is 5.26. The van der Waals surface area contributed by atoms with Gasteiger partial charge in [-0.3, -0.25) is 9.59 Å². The monoisotopic (exact) mass is 392 g/mol. The van der Waals surface area contributed by atoms with Crippen molar-refractivity contribution in [3.63, 3.8) is 0 Å². The number of nitrogens with one attached hydrogen (secondary N) is 1. The summed E-state index contributed by atoms with van der Waals surface area (Å²) in [6.45, 7) is 1.56. The van der Waals surface area contributed by atoms with Crippen LogP contribution in [0.15, 0.2) is 47.4 Å². The highest BCUT2D eigenvalue weighted by Crippen LogP contribution is 2.32. The summed E-state index contributed by atoms with van der Waals surface area (Å²) in [5.74, 6) is 0.599. The van der Waals surface area contributed by atoms with Crippen LogP contribution < -0.4 is 10.5 Å². The first kappa shape index (κ1) is 20.2. The van der Waals surface area contributed by atoms with E-state index in [0.717, 1.165) is 55.7 Å². The Labute approximate surface area is 161 Å². The second-order valence-corrected chi connectivity index (χ2v) is 7.29. The molecule has 1 aliphatic heterocycles. The third kappa shape index (κ3) is 5.47. The molecule has 4 nitrogen and oxygen atoms in total. The topological polar surface area (TPSA) is 53.2 Å². The summed E-state index contributed by atoms with van der Waals surface area (Å²) < 4.78 is 38.0. The maximum absolute atomic E-state index is 12.7. The van der Waals surface area contributed by atoms with Crippen molar-refractivity contribution in [2.75, 3.05) is 18.0 Å². The fourth-order valence-corrected chi connectivity index (χ4v) is 3.57. The highest BCUT2D eigenvalue weighted by molar-refractivity contribution is 5.80. The number of Topliss-reactive ketones (excluding diaryl/α,β-unsaturated/α-hetero) is 1. The number of rotatable bonds is 6. The van der Waals surface area contributed by atoms with Gasteiger partial charge in [0.1, 0.15) is 5.78 Å². The van der Waals surface area contributed by atoms with Gasteiger partial charge in [0.25, 0.3) is 0 Å². The molecule has 28 heavy (non-hydrogen) atoms. The van der Waals surface area contributed by atoms with Crippen molar-refractivity contribution in [3.8, 4) is 0 Å². The van der Waals surface area contributed by atoms with Crippen LogP contribution in [0, 0.1) is 5.92 Å². The first-order valence-corrected chi connectivity index (χ1v) is 9.43. The molecular weight excluding hydrogens is 369 g/mol. The number of benzene rings is 1. The van der Waals surface area contributed by atoms with Crippen molar-refractivity contribution in [2.45, 2.75) is 38.3 Å². The Balaban J connectivity index is 1.43. The lowest BCUT2D eigenvalue weighted by Crippen LogP contribution is -2.33. The number of carbonyl (C=O) groups is 1. The van der Waals surface area contributed by atoms with Crippen molar-refractivity contribution in [1.82, 2.24) is 4.98 Å². The number of carbonyl (C=O) groups excluding carboxylic acids is 1. The maximum Gasteiger partial charge on any atom is 0.416 e. The lowest BCUT2D eigenvalue weighted by Gasteiger charge is -2.33. The fourth-order valence-electron chi connectivity index (χ4n) is 3.57. The molecule has 1 fully saturated rings. The van der Waals surface area contributed by atoms with Gasteiger partial charge in [0.05, 0.1) is 5.56 Å². The number of aromatic amines is 1. The molecule has 0 bridgehead atoms. The van der Waals surface area contributed by atoms with E-state index in [9.17, 15) is 22.8 Å². The minimum absolute atomic E-state index is 0.150. The number of piperidine rings is 1. The number of halogens is 3. The summed E-state index contributed by atoms with van der Waals surface area (Å²) >= 11 is 0. The van der Waals surface area contributed by atoms with E-state index in [2.05, 4.69) is 9.88 Å². The number of nitrogens with zero attached hydrogens (tertiary/aromatic N) is 1. The van der Waals surface area contributed by atoms with Gasteiger partial charge in [-0.05, 0) is 55.0 Å². The SMILES string of the molecule is O=C(CCC1CCN(c2ccc(C(F)(F)F)cc2)CC1)Cc1ccc(=O)[nH]c1. The molecule has 1 N–H and O–H groups in total. The van der Waals surface area contributed by atoms with Crippen LogP contribution in [-0.4, -0.2) is 23.9 Å². The van der Waals surface area contributed by atoms with Crippen LogP contribution in [0.1, 0.15) is 36.8 Å². The Morgan fingerprint density at radius 1 is 1.07 bits per heavy atom. The zero-order valence-corrected chi connectivity index (χ0v) is 15.5. The minimum atomic E-state index is -4.31. The number of aromatic nitrogens is 1. The van der Waals surface area contributed by atoms with Crippen molar-refractivity contribution in [1.29, 1.82) is 0 Å². The predicted molar refractivity (Wildman–Crippen MR) is 101 cm³/mol. The molecule has 0 atom stereocenters. The van der Waals surface area contributed by atoms with Crippen molar-refractivity contribution in [2.24, 2.45) is 5.92 Å². The molecule has 1 aromatic carbocycles. The molecule has 0 saturated carbocycles. The van der Waals surface area contributed by atoms with E-state index < -0.39 is 11.7 Å². The summed E-state index contributed by atoms with van der Waals surface area (Å²) in [5, 5.41) is 0. The predicted octanol–water partition coefficient (Wildman–Crippen LogP) is 4.20. The van der Waals surface area contributed by atoms with Crippen LogP contribution in [0.3, 0.4) is 0 Å². The molecule has 3 rings (SSSR count). The minimum Gasteiger partial charge on any atom is -0.372 e. The summed E-state index contributed by atoms with van der Waals surface area (Å²) in [6.07, 6.45) is 0.754. The number of alkyl halides is 3. The first-order valence-electron chi connectivity index (χ1n) is 9.43. The van der Waals surface area contributed by atoms with Crippen LogP contribution >= 0.6 is 0 Å². The molecule has 0 spiro atoms. The van der Waals surface area contributed by atoms with Crippen LogP contribution in [0.5, 0.6) is 0 Å². The zero-order chi connectivity index (χ0) is 20.1. The Morgan fingerprint density at radius 3 is 2.32 bits per heavy atom. The molecule has 0 aliphatic carbocycles. The Morgan fingerprint density at radius 2 is 1.75 bits per heavy atom. The zero-order valence-electron chi connectivity index (χ0n) is 15.5. The van der Waals surface area contributed by atoms with Crippen LogP contribution in [0.2, 0.25) is 0 Å². The van der Waals surface area contributed by atoms with E-state index in [1.807, 2.05) is 0 Å². The molecule has 7 heteroatoms. The van der Waals surface area contributed by atoms with Gasteiger partial charge in [0, 0.05) is 43.9 Å². The smallest absolute Gasteiger partial charge is 0.372 e. The molecule has 0 unspecified atom stereocenters. The lowest BCUT2D eigenvalue weighted by molar-refractivity contribution is -0.137. The molecule has 1 saturated heterocycles. The Hall–Kier alpha value is -2.57. The molecule has 150 valence electrons. The van der Waals surface area contributed by atoms with Gasteiger partial charge in [0.2, 0.25) is 5.56 Å². The van der Waals surface area contributed by atoms with Gasteiger partial charge in [-0.2, -0.15) is 13.2 Å². The second-order valence-electron chi connectivity index (χ2n) is 7.29. The van der Waals surface area contributed by atoms with Gasteiger partial charge in [-0.25, -0.2) is 0 Å². The highest BCUT2D eigenvalue weighted by atomic mass is 19.4. The molecule has 1 aliphatic rings. The fraction of sp³-hybridized carbons (Fsp3) is 0.429. The number of anilines is 1. The van der Waals surface area contributed by atoms with Crippen molar-refractivity contribution in [3.05, 3.63) is 64.1 Å². The standard InChI is InChI=1S/C21H23F3N2O2/c22-21(23,24)17-3-5-18(6-4-17)26-11-9-15(10-12-26)1-7-19(27)13-16-2-8-20(28)25-14-16/h2-6,8,14-15H,1,7,9-13H2,(H,25,28). The molecule has 1 aromatic heterocycles. The van der Waals surface area contributed by atoms with E-state index in [4.69, 9.17) is 0 Å². The summed E-state index contributed by atoms with van der Waals surface area (Å²) in [7, 11) is 0. The normalized spacial score (nSPS) is 15.6. The van der Waals surface area contributed by atoms with Gasteiger partial charge in [-0.15, -0.1) is 0 Å². The van der Waals surface area contributed by atoms with Gasteiger partial charge in [0.15, 0.2) is 0 Å². The average molecular weight is 392 g/mol. The third-order valence-corrected chi connectivity index (χ3v) is 5.26. The van der Waals surface area contributed by atoms with E-state index >= 15 is 0 Å². The molecular formula is C21H23F3N2O2. The largest absolute Gasteiger partial charge is 0.416 e. The summed E-state index contributed by atoms with van der Waals surface area (Å²) in [6, 6.07) is 8.38. The molecule has 2 heterocycles. The van der Waals surface area contributed by atoms with Crippen molar-refractivity contribution >= 4 is 11.5 Å². The summed E-state index contributed by atoms with van der Waals surface area (Å²) in [5.41, 5.74) is 0.797. The quantitative estimate of drug-likeness (QED) is 0.802. The Bertz CT molecular complexity index is 831. The van der Waals surface area contributed by atoms with Crippen LogP contribution in [0.25, 0.3) is 0 Å². The maximum atomic E-state index is 12.7. The molecule has 0 radical (unpaired) electrons. The van der Waals surface area contributed by atoms with Gasteiger partial charge >= 0.3 is 6.18 Å². The van der Waals surface area contributed by atoms with Crippen LogP contribution in [-0.2, 0) is 17.4 Å². The van der Waals surface area contributed by atoms with E-state index in [1.54, 1.807) is 12.3 Å². The van der Waals surface area contributed by atoms with Crippen molar-refractivity contribution < 1.29 is 18.0 Å². The number of hydrogen-bond donors (Lipinski definition) is 1. The highest BCUT2D eigenvalue weighted by Gasteiger charge is 2.30. The second kappa shape index (κ2) is 8.63. The van der Waals surface area contributed by atoms with Gasteiger partial charge < -0.3 is 9.88 Å². The summed E-state index contributed by atoms with van der Waals surface area (Å²) in [4.78, 5) is 27.8. The Kier molecular flexibility index (Phi) is 6.21. The first-order chi connectivity index (χ1) is 13.3. The number of H-pyrrole nitrogens is 1. The molecule has 2 aromatic rings. The lowest BCUT2D eigenvalue weighted by atomic mass is 9.90. The van der Waals surface area contributed by atoms with E-state index in [0.29, 0.717) is 18.8 Å². The molecule has 0 amide bonds. The van der Waals surface area contributed by atoms with Gasteiger partial charge in [-0.1, -0.05) is 6.07 Å². The number of hydrogen-bond acceptors (Lipinski definition) is 3. The number of ketones is 1. The van der Waals surface area contributed by atoms with E-state index in [-0.39, 0.29) is 11.3 Å².